The van der Waals surface area contributed by atoms with E-state index in [1.807, 2.05) is 37.3 Å². The molecule has 8 heteroatoms. The summed E-state index contributed by atoms with van der Waals surface area (Å²) in [7, 11) is -3.31. The largest absolute Gasteiger partial charge is 0.487 e. The fourth-order valence-corrected chi connectivity index (χ4v) is 6.60. The maximum Gasteiger partial charge on any atom is 0.409 e. The van der Waals surface area contributed by atoms with Gasteiger partial charge in [0.05, 0.1) is 23.8 Å². The van der Waals surface area contributed by atoms with Gasteiger partial charge in [-0.15, -0.1) is 0 Å². The van der Waals surface area contributed by atoms with Crippen molar-refractivity contribution in [2.75, 3.05) is 19.7 Å². The van der Waals surface area contributed by atoms with Crippen LogP contribution in [-0.2, 0) is 32.5 Å². The van der Waals surface area contributed by atoms with Gasteiger partial charge in [-0.3, -0.25) is 4.98 Å². The fourth-order valence-electron chi connectivity index (χ4n) is 5.17. The molecule has 3 aromatic rings. The number of likely N-dealkylation sites (tertiary alicyclic amines) is 1. The van der Waals surface area contributed by atoms with Crippen LogP contribution in [0.3, 0.4) is 0 Å². The summed E-state index contributed by atoms with van der Waals surface area (Å²) in [5, 5.41) is 0. The number of carbonyl (C=O) groups excluding carboxylic acids is 1. The third kappa shape index (κ3) is 5.96. The second-order valence-corrected chi connectivity index (χ2v) is 11.9. The summed E-state index contributed by atoms with van der Waals surface area (Å²) in [4.78, 5) is 17.9. The zero-order chi connectivity index (χ0) is 25.9. The topological polar surface area (TPSA) is 85.8 Å². The lowest BCUT2D eigenvalue weighted by Gasteiger charge is -2.44. The molecule has 0 radical (unpaired) electrons. The third-order valence-electron chi connectivity index (χ3n) is 7.21. The van der Waals surface area contributed by atoms with Crippen LogP contribution in [0.1, 0.15) is 43.0 Å². The molecule has 5 rings (SSSR count). The number of ether oxygens (including phenoxy) is 2. The second kappa shape index (κ2) is 10.5. The van der Waals surface area contributed by atoms with Crippen LogP contribution in [-0.4, -0.2) is 49.7 Å². The average molecular weight is 521 g/mol. The summed E-state index contributed by atoms with van der Waals surface area (Å²) in [6.45, 7) is 3.51. The van der Waals surface area contributed by atoms with Crippen molar-refractivity contribution < 1.29 is 22.7 Å². The molecule has 0 unspecified atom stereocenters. The number of pyridine rings is 1. The molecule has 0 aliphatic carbocycles. The quantitative estimate of drug-likeness (QED) is 0.445. The molecule has 1 spiro atoms. The zero-order valence-corrected chi connectivity index (χ0v) is 21.9. The zero-order valence-electron chi connectivity index (χ0n) is 21.1. The number of rotatable bonds is 6. The predicted octanol–water partition coefficient (Wildman–Crippen LogP) is 5.18. The summed E-state index contributed by atoms with van der Waals surface area (Å²) in [5.74, 6) is 0.831. The number of sulfone groups is 1. The van der Waals surface area contributed by atoms with Crippen LogP contribution in [0.25, 0.3) is 11.1 Å². The Bertz CT molecular complexity index is 1350. The highest BCUT2D eigenvalue weighted by Gasteiger charge is 2.40. The molecule has 2 aliphatic heterocycles. The van der Waals surface area contributed by atoms with E-state index >= 15 is 0 Å². The molecular weight excluding hydrogens is 488 g/mol. The van der Waals surface area contributed by atoms with E-state index in [-0.39, 0.29) is 23.2 Å². The molecule has 194 valence electrons. The van der Waals surface area contributed by atoms with E-state index in [2.05, 4.69) is 17.1 Å². The van der Waals surface area contributed by atoms with Gasteiger partial charge >= 0.3 is 6.09 Å². The van der Waals surface area contributed by atoms with E-state index in [9.17, 15) is 13.2 Å². The van der Waals surface area contributed by atoms with Crippen LogP contribution >= 0.6 is 0 Å². The Kier molecular flexibility index (Phi) is 7.20. The lowest BCUT2D eigenvalue weighted by Crippen LogP contribution is -2.51. The Morgan fingerprint density at radius 1 is 1.00 bits per heavy atom. The number of nitrogens with zero attached hydrogens (tertiary/aromatic N) is 2. The van der Waals surface area contributed by atoms with Crippen molar-refractivity contribution in [1.82, 2.24) is 9.88 Å². The highest BCUT2D eigenvalue weighted by Crippen LogP contribution is 2.41. The molecule has 7 nitrogen and oxygen atoms in total. The number of amides is 1. The Morgan fingerprint density at radius 2 is 1.76 bits per heavy atom. The number of hydrogen-bond acceptors (Lipinski definition) is 6. The van der Waals surface area contributed by atoms with Gasteiger partial charge in [0.15, 0.2) is 9.84 Å². The van der Waals surface area contributed by atoms with Gasteiger partial charge in [-0.2, -0.15) is 0 Å². The lowest BCUT2D eigenvalue weighted by atomic mass is 9.82. The molecule has 0 bridgehead atoms. The Balaban J connectivity index is 1.22. The van der Waals surface area contributed by atoms with Crippen molar-refractivity contribution in [2.45, 2.75) is 49.7 Å². The molecule has 2 aliphatic rings. The second-order valence-electron chi connectivity index (χ2n) is 9.84. The first kappa shape index (κ1) is 25.3. The normalized spacial score (nSPS) is 16.6. The molecule has 0 saturated carbocycles. The molecular formula is C29H32N2O5S. The smallest absolute Gasteiger partial charge is 0.409 e. The number of carbonyl (C=O) groups is 1. The predicted molar refractivity (Wildman–Crippen MR) is 142 cm³/mol. The molecule has 37 heavy (non-hydrogen) atoms. The van der Waals surface area contributed by atoms with E-state index in [4.69, 9.17) is 9.47 Å². The van der Waals surface area contributed by atoms with E-state index in [0.29, 0.717) is 25.4 Å². The maximum absolute atomic E-state index is 12.6. The van der Waals surface area contributed by atoms with E-state index in [1.165, 1.54) is 5.56 Å². The number of fused-ring (bicyclic) bond motifs is 1. The van der Waals surface area contributed by atoms with Crippen LogP contribution in [0.15, 0.2) is 66.9 Å². The molecule has 3 heterocycles. The van der Waals surface area contributed by atoms with E-state index < -0.39 is 9.84 Å². The first-order valence-corrected chi connectivity index (χ1v) is 14.6. The first-order valence-electron chi connectivity index (χ1n) is 12.8. The SMILES string of the molecule is CCOC(=O)N1CCC2(CCc3cc(-c4ccc(CS(=O)(=O)Cc5ccccn5)cc4)ccc3O2)CC1. The molecule has 1 amide bonds. The molecule has 1 aromatic heterocycles. The molecule has 0 atom stereocenters. The van der Waals surface area contributed by atoms with Gasteiger partial charge in [0.25, 0.3) is 0 Å². The lowest BCUT2D eigenvalue weighted by molar-refractivity contribution is -0.0138. The molecule has 1 fully saturated rings. The summed E-state index contributed by atoms with van der Waals surface area (Å²) in [6, 6.07) is 19.3. The van der Waals surface area contributed by atoms with Gasteiger partial charge in [0.2, 0.25) is 0 Å². The summed E-state index contributed by atoms with van der Waals surface area (Å²) >= 11 is 0. The van der Waals surface area contributed by atoms with Gasteiger partial charge in [0.1, 0.15) is 11.4 Å². The van der Waals surface area contributed by atoms with Crippen molar-refractivity contribution in [3.05, 3.63) is 83.7 Å². The number of piperidine rings is 1. The van der Waals surface area contributed by atoms with E-state index in [0.717, 1.165) is 48.1 Å². The Hall–Kier alpha value is -3.39. The summed E-state index contributed by atoms with van der Waals surface area (Å²) in [6.07, 6.45) is 4.82. The molecule has 0 N–H and O–H groups in total. The van der Waals surface area contributed by atoms with Crippen molar-refractivity contribution in [3.63, 3.8) is 0 Å². The van der Waals surface area contributed by atoms with Crippen LogP contribution in [0, 0.1) is 0 Å². The van der Waals surface area contributed by atoms with Crippen molar-refractivity contribution in [1.29, 1.82) is 0 Å². The van der Waals surface area contributed by atoms with Gasteiger partial charge in [0, 0.05) is 32.1 Å². The van der Waals surface area contributed by atoms with Crippen LogP contribution in [0.5, 0.6) is 5.75 Å². The molecule has 2 aromatic carbocycles. The average Bonchev–Trinajstić information content (AvgIpc) is 2.89. The minimum atomic E-state index is -3.31. The van der Waals surface area contributed by atoms with Crippen LogP contribution < -0.4 is 4.74 Å². The van der Waals surface area contributed by atoms with Crippen LogP contribution in [0.4, 0.5) is 4.79 Å². The standard InChI is InChI=1S/C29H32N2O5S/c1-2-35-28(32)31-17-14-29(15-18-31)13-12-25-19-24(10-11-27(25)36-29)23-8-6-22(7-9-23)20-37(33,34)21-26-5-3-4-16-30-26/h3-11,16,19H,2,12-15,17-18,20-21H2,1H3. The van der Waals surface area contributed by atoms with Crippen molar-refractivity contribution in [3.8, 4) is 16.9 Å². The maximum atomic E-state index is 12.6. The number of aryl methyl sites for hydroxylation is 1. The number of hydrogen-bond donors (Lipinski definition) is 0. The summed E-state index contributed by atoms with van der Waals surface area (Å²) < 4.78 is 36.9. The van der Waals surface area contributed by atoms with Gasteiger partial charge in [-0.25, -0.2) is 13.2 Å². The Labute approximate surface area is 218 Å². The Morgan fingerprint density at radius 3 is 2.46 bits per heavy atom. The van der Waals surface area contributed by atoms with E-state index in [1.54, 1.807) is 29.3 Å². The van der Waals surface area contributed by atoms with Crippen molar-refractivity contribution >= 4 is 15.9 Å². The van der Waals surface area contributed by atoms with Crippen molar-refractivity contribution in [2.24, 2.45) is 0 Å². The third-order valence-corrected chi connectivity index (χ3v) is 8.71. The van der Waals surface area contributed by atoms with Gasteiger partial charge in [-0.1, -0.05) is 36.4 Å². The number of aromatic nitrogens is 1. The van der Waals surface area contributed by atoms with Gasteiger partial charge < -0.3 is 14.4 Å². The highest BCUT2D eigenvalue weighted by molar-refractivity contribution is 7.89. The monoisotopic (exact) mass is 520 g/mol. The van der Waals surface area contributed by atoms with Gasteiger partial charge in [-0.05, 0) is 66.3 Å². The highest BCUT2D eigenvalue weighted by atomic mass is 32.2. The molecule has 1 saturated heterocycles. The van der Waals surface area contributed by atoms with Crippen LogP contribution in [0.2, 0.25) is 0 Å². The first-order chi connectivity index (χ1) is 17.8. The minimum absolute atomic E-state index is 0.0163. The summed E-state index contributed by atoms with van der Waals surface area (Å²) in [5.41, 5.74) is 4.40. The number of benzene rings is 2. The minimum Gasteiger partial charge on any atom is -0.487 e. The fraction of sp³-hybridized carbons (Fsp3) is 0.379.